The minimum absolute atomic E-state index is 0.0226. The number of carboxylic acids is 1. The minimum atomic E-state index is -0.985. The van der Waals surface area contributed by atoms with E-state index in [0.29, 0.717) is 15.7 Å². The quantitative estimate of drug-likeness (QED) is 0.157. The standard InChI is InChI=1S/C22H20BrFN2O2.C21H19BrF2N2/c23-15-9-10-18(24)17(14-15)21(25-11-3-4-12-25)20-8-5-13-26(20)19-7-2-1-6-16(19)22(27)28;22-18-14-15(5-10-19(18)24)21(25-11-1-2-12-25)20-4-3-13-26(20)17-8-6-16(23)7-9-17/h1-2,5-10,13-14,21H,3-4,11-12H2,(H,27,28);3-10,13-14,21H,1-2,11-12H2. The van der Waals surface area contributed by atoms with Gasteiger partial charge in [-0.1, -0.05) is 34.1 Å². The van der Waals surface area contributed by atoms with Gasteiger partial charge in [-0.05, 0) is 164 Å². The van der Waals surface area contributed by atoms with E-state index < -0.39 is 5.97 Å². The van der Waals surface area contributed by atoms with Crippen LogP contribution in [0.25, 0.3) is 11.4 Å². The molecular weight excluding hydrogens is 821 g/mol. The lowest BCUT2D eigenvalue weighted by molar-refractivity contribution is 0.0696. The second-order valence-electron chi connectivity index (χ2n) is 13.5. The first-order chi connectivity index (χ1) is 26.2. The Bertz CT molecular complexity index is 2230. The van der Waals surface area contributed by atoms with E-state index in [4.69, 9.17) is 0 Å². The van der Waals surface area contributed by atoms with Crippen LogP contribution in [0, 0.1) is 17.5 Å². The molecule has 4 aromatic carbocycles. The molecule has 6 nitrogen and oxygen atoms in total. The molecule has 11 heteroatoms. The third kappa shape index (κ3) is 8.15. The summed E-state index contributed by atoms with van der Waals surface area (Å²) >= 11 is 6.78. The zero-order valence-corrected chi connectivity index (χ0v) is 32.6. The van der Waals surface area contributed by atoms with E-state index >= 15 is 0 Å². The number of halogens is 5. The zero-order valence-electron chi connectivity index (χ0n) is 29.4. The van der Waals surface area contributed by atoms with Gasteiger partial charge in [0, 0.05) is 39.5 Å². The first-order valence-corrected chi connectivity index (χ1v) is 19.6. The van der Waals surface area contributed by atoms with Gasteiger partial charge in [-0.25, -0.2) is 18.0 Å². The van der Waals surface area contributed by atoms with Crippen molar-refractivity contribution in [1.82, 2.24) is 18.9 Å². The molecular formula is C43H39Br2F3N4O2. The van der Waals surface area contributed by atoms with Gasteiger partial charge in [-0.15, -0.1) is 0 Å². The van der Waals surface area contributed by atoms with Crippen LogP contribution in [0.5, 0.6) is 0 Å². The van der Waals surface area contributed by atoms with Crippen molar-refractivity contribution in [2.24, 2.45) is 0 Å². The maximum absolute atomic E-state index is 14.9. The molecule has 278 valence electrons. The summed E-state index contributed by atoms with van der Waals surface area (Å²) in [5.41, 5.74) is 5.29. The highest BCUT2D eigenvalue weighted by atomic mass is 79.9. The monoisotopic (exact) mass is 858 g/mol. The van der Waals surface area contributed by atoms with Crippen molar-refractivity contribution in [3.63, 3.8) is 0 Å². The highest BCUT2D eigenvalue weighted by Crippen LogP contribution is 2.37. The number of nitrogens with zero attached hydrogens (tertiary/aromatic N) is 4. The lowest BCUT2D eigenvalue weighted by Crippen LogP contribution is -2.29. The summed E-state index contributed by atoms with van der Waals surface area (Å²) in [4.78, 5) is 16.4. The number of hydrogen-bond acceptors (Lipinski definition) is 3. The molecule has 1 N–H and O–H groups in total. The topological polar surface area (TPSA) is 53.6 Å². The predicted octanol–water partition coefficient (Wildman–Crippen LogP) is 11.0. The van der Waals surface area contributed by atoms with E-state index in [1.807, 2.05) is 59.4 Å². The van der Waals surface area contributed by atoms with Gasteiger partial charge < -0.3 is 14.2 Å². The molecule has 54 heavy (non-hydrogen) atoms. The molecule has 2 unspecified atom stereocenters. The molecule has 0 spiro atoms. The van der Waals surface area contributed by atoms with Crippen molar-refractivity contribution in [3.05, 3.63) is 176 Å². The summed E-state index contributed by atoms with van der Waals surface area (Å²) < 4.78 is 47.2. The Morgan fingerprint density at radius 2 is 1.22 bits per heavy atom. The molecule has 2 atom stereocenters. The van der Waals surface area contributed by atoms with E-state index in [-0.39, 0.29) is 35.1 Å². The van der Waals surface area contributed by atoms with Crippen LogP contribution in [0.2, 0.25) is 0 Å². The van der Waals surface area contributed by atoms with Gasteiger partial charge in [0.2, 0.25) is 0 Å². The molecule has 2 aromatic heterocycles. The molecule has 2 fully saturated rings. The van der Waals surface area contributed by atoms with Crippen LogP contribution in [0.1, 0.15) is 70.6 Å². The van der Waals surface area contributed by atoms with Gasteiger partial charge in [-0.2, -0.15) is 0 Å². The molecule has 0 aliphatic carbocycles. The first kappa shape index (κ1) is 37.9. The number of hydrogen-bond donors (Lipinski definition) is 1. The largest absolute Gasteiger partial charge is 0.478 e. The Morgan fingerprint density at radius 1 is 0.630 bits per heavy atom. The number of aromatic carboxylic acids is 1. The molecule has 2 aliphatic heterocycles. The molecule has 4 heterocycles. The fourth-order valence-electron chi connectivity index (χ4n) is 7.67. The summed E-state index contributed by atoms with van der Waals surface area (Å²) in [5.74, 6) is -1.76. The maximum atomic E-state index is 14.9. The average Bonchev–Trinajstić information content (AvgIpc) is 4.02. The van der Waals surface area contributed by atoms with Crippen LogP contribution in [0.15, 0.2) is 131 Å². The van der Waals surface area contributed by atoms with E-state index in [0.717, 1.165) is 79.0 Å². The summed E-state index contributed by atoms with van der Waals surface area (Å²) in [5, 5.41) is 9.61. The number of aromatic nitrogens is 2. The average molecular weight is 861 g/mol. The fourth-order valence-corrected chi connectivity index (χ4v) is 8.45. The predicted molar refractivity (Wildman–Crippen MR) is 212 cm³/mol. The number of benzene rings is 4. The third-order valence-corrected chi connectivity index (χ3v) is 11.2. The van der Waals surface area contributed by atoms with Gasteiger partial charge in [0.1, 0.15) is 17.5 Å². The van der Waals surface area contributed by atoms with Crippen molar-refractivity contribution in [2.45, 2.75) is 37.8 Å². The van der Waals surface area contributed by atoms with Crippen LogP contribution < -0.4 is 0 Å². The Kier molecular flexibility index (Phi) is 11.9. The van der Waals surface area contributed by atoms with E-state index in [9.17, 15) is 23.1 Å². The Hall–Kier alpha value is -4.42. The number of carboxylic acid groups (broad SMARTS) is 1. The number of rotatable bonds is 9. The van der Waals surface area contributed by atoms with Crippen molar-refractivity contribution in [3.8, 4) is 11.4 Å². The van der Waals surface area contributed by atoms with Crippen molar-refractivity contribution >= 4 is 37.8 Å². The smallest absolute Gasteiger partial charge is 0.337 e. The second-order valence-corrected chi connectivity index (χ2v) is 15.3. The van der Waals surface area contributed by atoms with Gasteiger partial charge in [0.05, 0.1) is 27.8 Å². The lowest BCUT2D eigenvalue weighted by atomic mass is 10.0. The normalized spacial score (nSPS) is 15.9. The number of para-hydroxylation sites is 1. The summed E-state index contributed by atoms with van der Waals surface area (Å²) in [6.07, 6.45) is 8.30. The van der Waals surface area contributed by atoms with E-state index in [1.54, 1.807) is 36.4 Å². The SMILES string of the molecule is Fc1ccc(-n2cccc2C(c2ccc(F)c(Br)c2)N2CCCC2)cc1.O=C(O)c1ccccc1-n1cccc1C(c1cc(Br)ccc1F)N1CCCC1. The van der Waals surface area contributed by atoms with Crippen LogP contribution >= 0.6 is 31.9 Å². The zero-order chi connectivity index (χ0) is 37.8. The Morgan fingerprint density at radius 3 is 1.87 bits per heavy atom. The molecule has 2 aliphatic rings. The van der Waals surface area contributed by atoms with Crippen LogP contribution in [-0.2, 0) is 0 Å². The Labute approximate surface area is 329 Å². The van der Waals surface area contributed by atoms with Crippen molar-refractivity contribution in [1.29, 1.82) is 0 Å². The summed E-state index contributed by atoms with van der Waals surface area (Å²) in [6, 6.07) is 31.2. The highest BCUT2D eigenvalue weighted by Gasteiger charge is 2.31. The van der Waals surface area contributed by atoms with Gasteiger partial charge in [-0.3, -0.25) is 9.80 Å². The molecule has 0 radical (unpaired) electrons. The number of carbonyl (C=O) groups is 1. The van der Waals surface area contributed by atoms with Crippen molar-refractivity contribution < 1.29 is 23.1 Å². The lowest BCUT2D eigenvalue weighted by Gasteiger charge is -2.30. The van der Waals surface area contributed by atoms with E-state index in [2.05, 4.69) is 52.3 Å². The van der Waals surface area contributed by atoms with Gasteiger partial charge in [0.15, 0.2) is 0 Å². The van der Waals surface area contributed by atoms with Crippen LogP contribution in [0.3, 0.4) is 0 Å². The summed E-state index contributed by atoms with van der Waals surface area (Å²) in [6.45, 7) is 3.77. The number of likely N-dealkylation sites (tertiary alicyclic amines) is 2. The molecule has 8 rings (SSSR count). The van der Waals surface area contributed by atoms with Crippen LogP contribution in [0.4, 0.5) is 13.2 Å². The first-order valence-electron chi connectivity index (χ1n) is 18.0. The van der Waals surface area contributed by atoms with Gasteiger partial charge in [0.25, 0.3) is 0 Å². The molecule has 6 aromatic rings. The Balaban J connectivity index is 0.000000167. The van der Waals surface area contributed by atoms with E-state index in [1.165, 1.54) is 24.3 Å². The fraction of sp³-hybridized carbons (Fsp3) is 0.233. The minimum Gasteiger partial charge on any atom is -0.478 e. The maximum Gasteiger partial charge on any atom is 0.337 e. The summed E-state index contributed by atoms with van der Waals surface area (Å²) in [7, 11) is 0. The highest BCUT2D eigenvalue weighted by molar-refractivity contribution is 9.10. The molecule has 0 saturated carbocycles. The van der Waals surface area contributed by atoms with Crippen molar-refractivity contribution in [2.75, 3.05) is 26.2 Å². The van der Waals surface area contributed by atoms with Gasteiger partial charge >= 0.3 is 5.97 Å². The molecule has 0 amide bonds. The second kappa shape index (κ2) is 16.9. The molecule has 0 bridgehead atoms. The third-order valence-electron chi connectivity index (χ3n) is 10.1. The molecule has 2 saturated heterocycles. The van der Waals surface area contributed by atoms with Crippen LogP contribution in [-0.4, -0.2) is 56.2 Å².